The highest BCUT2D eigenvalue weighted by atomic mass is 16.2. The Kier molecular flexibility index (Phi) is 4.32. The predicted octanol–water partition coefficient (Wildman–Crippen LogP) is 2.60. The summed E-state index contributed by atoms with van der Waals surface area (Å²) in [4.78, 5) is 11.7. The SMILES string of the molecule is CCCCNC(=O)Nc1ccc(-c2nnnn2C2CC2)cc1. The zero-order valence-electron chi connectivity index (χ0n) is 12.6. The van der Waals surface area contributed by atoms with E-state index >= 15 is 0 Å². The van der Waals surface area contributed by atoms with Crippen LogP contribution in [-0.2, 0) is 0 Å². The fourth-order valence-electron chi connectivity index (χ4n) is 2.21. The van der Waals surface area contributed by atoms with Crippen molar-refractivity contribution in [3.63, 3.8) is 0 Å². The highest BCUT2D eigenvalue weighted by Gasteiger charge is 2.28. The van der Waals surface area contributed by atoms with Crippen LogP contribution in [-0.4, -0.2) is 32.8 Å². The Morgan fingerprint density at radius 1 is 1.32 bits per heavy atom. The van der Waals surface area contributed by atoms with Gasteiger partial charge in [-0.1, -0.05) is 13.3 Å². The summed E-state index contributed by atoms with van der Waals surface area (Å²) in [6.07, 6.45) is 4.31. The molecule has 1 heterocycles. The third-order valence-electron chi connectivity index (χ3n) is 3.60. The normalized spacial score (nSPS) is 13.9. The molecule has 0 unspecified atom stereocenters. The zero-order chi connectivity index (χ0) is 15.4. The molecule has 0 atom stereocenters. The zero-order valence-corrected chi connectivity index (χ0v) is 12.6. The van der Waals surface area contributed by atoms with Crippen molar-refractivity contribution in [2.45, 2.75) is 38.6 Å². The van der Waals surface area contributed by atoms with Crippen LogP contribution in [0.3, 0.4) is 0 Å². The summed E-state index contributed by atoms with van der Waals surface area (Å²) in [6, 6.07) is 7.83. The number of carbonyl (C=O) groups excluding carboxylic acids is 1. The number of amides is 2. The summed E-state index contributed by atoms with van der Waals surface area (Å²) in [6.45, 7) is 2.78. The summed E-state index contributed by atoms with van der Waals surface area (Å²) in [7, 11) is 0. The molecule has 1 aliphatic carbocycles. The van der Waals surface area contributed by atoms with Gasteiger partial charge in [0.15, 0.2) is 5.82 Å². The lowest BCUT2D eigenvalue weighted by molar-refractivity contribution is 0.252. The fourth-order valence-corrected chi connectivity index (χ4v) is 2.21. The van der Waals surface area contributed by atoms with Crippen molar-refractivity contribution in [2.75, 3.05) is 11.9 Å². The number of nitrogens with zero attached hydrogens (tertiary/aromatic N) is 4. The van der Waals surface area contributed by atoms with Gasteiger partial charge in [-0.2, -0.15) is 0 Å². The molecule has 116 valence electrons. The van der Waals surface area contributed by atoms with Gasteiger partial charge < -0.3 is 10.6 Å². The third kappa shape index (κ3) is 3.41. The number of unbranched alkanes of at least 4 members (excludes halogenated alkanes) is 1. The fraction of sp³-hybridized carbons (Fsp3) is 0.467. The van der Waals surface area contributed by atoms with Crippen LogP contribution in [0.2, 0.25) is 0 Å². The maximum atomic E-state index is 11.7. The molecule has 0 bridgehead atoms. The van der Waals surface area contributed by atoms with E-state index in [4.69, 9.17) is 0 Å². The van der Waals surface area contributed by atoms with Crippen molar-refractivity contribution in [2.24, 2.45) is 0 Å². The van der Waals surface area contributed by atoms with E-state index in [0.717, 1.165) is 42.8 Å². The quantitative estimate of drug-likeness (QED) is 0.803. The monoisotopic (exact) mass is 300 g/mol. The number of nitrogens with one attached hydrogen (secondary N) is 2. The van der Waals surface area contributed by atoms with Crippen molar-refractivity contribution < 1.29 is 4.79 Å². The van der Waals surface area contributed by atoms with Gasteiger partial charge in [-0.3, -0.25) is 0 Å². The summed E-state index contributed by atoms with van der Waals surface area (Å²) < 4.78 is 1.87. The number of carbonyl (C=O) groups is 1. The van der Waals surface area contributed by atoms with Crippen molar-refractivity contribution in [3.05, 3.63) is 24.3 Å². The second-order valence-corrected chi connectivity index (χ2v) is 5.49. The Balaban J connectivity index is 1.62. The Hall–Kier alpha value is -2.44. The van der Waals surface area contributed by atoms with E-state index in [-0.39, 0.29) is 6.03 Å². The number of hydrogen-bond donors (Lipinski definition) is 2. The smallest absolute Gasteiger partial charge is 0.319 e. The molecule has 1 saturated carbocycles. The van der Waals surface area contributed by atoms with Gasteiger partial charge in [0, 0.05) is 17.8 Å². The Labute approximate surface area is 129 Å². The number of benzene rings is 1. The first kappa shape index (κ1) is 14.5. The van der Waals surface area contributed by atoms with Crippen LogP contribution in [0.5, 0.6) is 0 Å². The second-order valence-electron chi connectivity index (χ2n) is 5.49. The predicted molar refractivity (Wildman–Crippen MR) is 83.5 cm³/mol. The highest BCUT2D eigenvalue weighted by molar-refractivity contribution is 5.89. The summed E-state index contributed by atoms with van der Waals surface area (Å²) in [5.41, 5.74) is 1.71. The van der Waals surface area contributed by atoms with Crippen LogP contribution in [0, 0.1) is 0 Å². The average molecular weight is 300 g/mol. The molecule has 1 fully saturated rings. The van der Waals surface area contributed by atoms with E-state index < -0.39 is 0 Å². The van der Waals surface area contributed by atoms with Crippen LogP contribution in [0.25, 0.3) is 11.4 Å². The van der Waals surface area contributed by atoms with Crippen LogP contribution in [0.15, 0.2) is 24.3 Å². The maximum absolute atomic E-state index is 11.7. The lowest BCUT2D eigenvalue weighted by Gasteiger charge is -2.08. The van der Waals surface area contributed by atoms with Gasteiger partial charge in [0.1, 0.15) is 0 Å². The van der Waals surface area contributed by atoms with Crippen molar-refractivity contribution >= 4 is 11.7 Å². The topological polar surface area (TPSA) is 84.7 Å². The van der Waals surface area contributed by atoms with Crippen molar-refractivity contribution in [1.82, 2.24) is 25.5 Å². The number of urea groups is 1. The lowest BCUT2D eigenvalue weighted by Crippen LogP contribution is -2.29. The van der Waals surface area contributed by atoms with Gasteiger partial charge in [0.25, 0.3) is 0 Å². The Morgan fingerprint density at radius 3 is 2.77 bits per heavy atom. The Morgan fingerprint density at radius 2 is 2.09 bits per heavy atom. The van der Waals surface area contributed by atoms with Gasteiger partial charge in [-0.05, 0) is 54.0 Å². The first-order chi connectivity index (χ1) is 10.8. The Bertz CT molecular complexity index is 632. The first-order valence-electron chi connectivity index (χ1n) is 7.71. The molecule has 0 radical (unpaired) electrons. The minimum Gasteiger partial charge on any atom is -0.338 e. The molecule has 3 rings (SSSR count). The van der Waals surface area contributed by atoms with E-state index in [0.29, 0.717) is 12.6 Å². The molecule has 0 saturated heterocycles. The number of hydrogen-bond acceptors (Lipinski definition) is 4. The molecule has 2 N–H and O–H groups in total. The number of tetrazole rings is 1. The second kappa shape index (κ2) is 6.55. The molecule has 7 nitrogen and oxygen atoms in total. The summed E-state index contributed by atoms with van der Waals surface area (Å²) in [5, 5.41) is 17.5. The van der Waals surface area contributed by atoms with Crippen LogP contribution in [0.4, 0.5) is 10.5 Å². The van der Waals surface area contributed by atoms with E-state index in [1.54, 1.807) is 0 Å². The molecular formula is C15H20N6O. The van der Waals surface area contributed by atoms with Gasteiger partial charge in [0.05, 0.1) is 6.04 Å². The largest absolute Gasteiger partial charge is 0.338 e. The summed E-state index contributed by atoms with van der Waals surface area (Å²) >= 11 is 0. The molecule has 1 aliphatic rings. The third-order valence-corrected chi connectivity index (χ3v) is 3.60. The molecule has 2 aromatic rings. The van der Waals surface area contributed by atoms with Crippen molar-refractivity contribution in [1.29, 1.82) is 0 Å². The van der Waals surface area contributed by atoms with Gasteiger partial charge >= 0.3 is 6.03 Å². The first-order valence-corrected chi connectivity index (χ1v) is 7.71. The number of aromatic nitrogens is 4. The maximum Gasteiger partial charge on any atom is 0.319 e. The summed E-state index contributed by atoms with van der Waals surface area (Å²) in [5.74, 6) is 0.779. The van der Waals surface area contributed by atoms with Gasteiger partial charge in [-0.25, -0.2) is 9.48 Å². The molecule has 1 aromatic carbocycles. The van der Waals surface area contributed by atoms with Crippen LogP contribution >= 0.6 is 0 Å². The molecular weight excluding hydrogens is 280 g/mol. The molecule has 1 aromatic heterocycles. The lowest BCUT2D eigenvalue weighted by atomic mass is 10.2. The average Bonchev–Trinajstić information content (AvgIpc) is 3.26. The molecule has 0 aliphatic heterocycles. The van der Waals surface area contributed by atoms with E-state index in [1.807, 2.05) is 28.9 Å². The molecule has 0 spiro atoms. The van der Waals surface area contributed by atoms with Crippen molar-refractivity contribution in [3.8, 4) is 11.4 Å². The minimum atomic E-state index is -0.177. The molecule has 22 heavy (non-hydrogen) atoms. The van der Waals surface area contributed by atoms with E-state index in [9.17, 15) is 4.79 Å². The van der Waals surface area contributed by atoms with E-state index in [2.05, 4.69) is 33.1 Å². The van der Waals surface area contributed by atoms with Crippen LogP contribution < -0.4 is 10.6 Å². The molecule has 7 heteroatoms. The van der Waals surface area contributed by atoms with Crippen LogP contribution in [0.1, 0.15) is 38.6 Å². The highest BCUT2D eigenvalue weighted by Crippen LogP contribution is 2.36. The minimum absolute atomic E-state index is 0.177. The van der Waals surface area contributed by atoms with Gasteiger partial charge in [-0.15, -0.1) is 5.10 Å². The number of rotatable bonds is 6. The van der Waals surface area contributed by atoms with Gasteiger partial charge in [0.2, 0.25) is 0 Å². The standard InChI is InChI=1S/C15H20N6O/c1-2-3-10-16-15(22)17-12-6-4-11(5-7-12)14-18-19-20-21(14)13-8-9-13/h4-7,13H,2-3,8-10H2,1H3,(H2,16,17,22). The number of anilines is 1. The van der Waals surface area contributed by atoms with E-state index in [1.165, 1.54) is 0 Å². The molecule has 2 amide bonds.